The zero-order valence-corrected chi connectivity index (χ0v) is 12.6. The number of hydrogen-bond acceptors (Lipinski definition) is 7. The smallest absolute Gasteiger partial charge is 0.225 e. The van der Waals surface area contributed by atoms with E-state index in [0.717, 1.165) is 12.8 Å². The Labute approximate surface area is 124 Å². The first-order chi connectivity index (χ1) is 10.0. The van der Waals surface area contributed by atoms with Crippen molar-refractivity contribution in [3.05, 3.63) is 6.07 Å². The summed E-state index contributed by atoms with van der Waals surface area (Å²) in [5, 5.41) is 20.2. The van der Waals surface area contributed by atoms with Crippen LogP contribution in [0.3, 0.4) is 0 Å². The number of nitrogen functional groups attached to an aromatic ring is 1. The molecule has 0 amide bonds. The lowest BCUT2D eigenvalue weighted by Gasteiger charge is -2.45. The minimum atomic E-state index is -0.599. The predicted molar refractivity (Wildman–Crippen MR) is 80.3 cm³/mol. The molecule has 7 heteroatoms. The van der Waals surface area contributed by atoms with Crippen molar-refractivity contribution in [3.63, 3.8) is 0 Å². The molecule has 1 aliphatic rings. The van der Waals surface area contributed by atoms with Crippen molar-refractivity contribution in [1.29, 1.82) is 0 Å². The second-order valence-electron chi connectivity index (χ2n) is 5.61. The number of anilines is 2. The second-order valence-corrected chi connectivity index (χ2v) is 5.61. The van der Waals surface area contributed by atoms with Crippen molar-refractivity contribution < 1.29 is 14.9 Å². The highest BCUT2D eigenvalue weighted by Crippen LogP contribution is 2.37. The number of nitrogens with two attached hydrogens (primary N) is 1. The molecule has 7 nitrogen and oxygen atoms in total. The quantitative estimate of drug-likeness (QED) is 0.723. The van der Waals surface area contributed by atoms with Crippen LogP contribution in [0.5, 0.6) is 5.88 Å². The molecule has 0 bridgehead atoms. The fourth-order valence-electron chi connectivity index (χ4n) is 2.98. The van der Waals surface area contributed by atoms with Gasteiger partial charge in [-0.25, -0.2) is 0 Å². The fraction of sp³-hybridized carbons (Fsp3) is 0.714. The van der Waals surface area contributed by atoms with Crippen molar-refractivity contribution in [2.75, 3.05) is 37.4 Å². The molecule has 118 valence electrons. The van der Waals surface area contributed by atoms with Crippen LogP contribution in [0.25, 0.3) is 0 Å². The van der Waals surface area contributed by atoms with Crippen molar-refractivity contribution >= 4 is 11.8 Å². The lowest BCUT2D eigenvalue weighted by Crippen LogP contribution is -2.53. The standard InChI is InChI=1S/C14H24N4O3/c1-3-4-14(9-19)5-6-18(8-10(14)20)11-7-12(21-2)17-13(15)16-11/h7,10,19-20H,3-6,8-9H2,1-2H3,(H2,15,16,17)/t10-,14-/m1/s1. The van der Waals surface area contributed by atoms with Crippen molar-refractivity contribution in [2.24, 2.45) is 5.41 Å². The molecule has 2 atom stereocenters. The summed E-state index contributed by atoms with van der Waals surface area (Å²) in [5.74, 6) is 1.19. The average molecular weight is 296 g/mol. The number of aromatic nitrogens is 2. The number of aliphatic hydroxyl groups is 2. The van der Waals surface area contributed by atoms with Gasteiger partial charge >= 0.3 is 0 Å². The van der Waals surface area contributed by atoms with Crippen molar-refractivity contribution in [3.8, 4) is 5.88 Å². The highest BCUT2D eigenvalue weighted by molar-refractivity contribution is 5.46. The molecular formula is C14H24N4O3. The number of ether oxygens (including phenoxy) is 1. The first kappa shape index (κ1) is 15.8. The van der Waals surface area contributed by atoms with Crippen LogP contribution in [0.1, 0.15) is 26.2 Å². The first-order valence-electron chi connectivity index (χ1n) is 7.27. The maximum absolute atomic E-state index is 10.5. The number of hydrogen-bond donors (Lipinski definition) is 3. The van der Waals surface area contributed by atoms with Crippen LogP contribution in [0.2, 0.25) is 0 Å². The van der Waals surface area contributed by atoms with Gasteiger partial charge in [0.25, 0.3) is 0 Å². The molecule has 1 saturated heterocycles. The Morgan fingerprint density at radius 3 is 2.86 bits per heavy atom. The molecule has 0 spiro atoms. The maximum atomic E-state index is 10.5. The van der Waals surface area contributed by atoms with Gasteiger partial charge < -0.3 is 25.6 Å². The summed E-state index contributed by atoms with van der Waals surface area (Å²) in [6.45, 7) is 3.19. The van der Waals surface area contributed by atoms with Crippen LogP contribution < -0.4 is 15.4 Å². The van der Waals surface area contributed by atoms with E-state index in [2.05, 4.69) is 16.9 Å². The molecular weight excluding hydrogens is 272 g/mol. The molecule has 1 aromatic rings. The topological polar surface area (TPSA) is 105 Å². The van der Waals surface area contributed by atoms with E-state index in [-0.39, 0.29) is 12.6 Å². The summed E-state index contributed by atoms with van der Waals surface area (Å²) in [5.41, 5.74) is 5.26. The van der Waals surface area contributed by atoms with E-state index in [1.54, 1.807) is 6.07 Å². The van der Waals surface area contributed by atoms with Crippen molar-refractivity contribution in [1.82, 2.24) is 9.97 Å². The number of aliphatic hydroxyl groups excluding tert-OH is 2. The van der Waals surface area contributed by atoms with Crippen LogP contribution in [0.15, 0.2) is 6.07 Å². The summed E-state index contributed by atoms with van der Waals surface area (Å²) in [6, 6.07) is 1.70. The van der Waals surface area contributed by atoms with Crippen LogP contribution in [0.4, 0.5) is 11.8 Å². The summed E-state index contributed by atoms with van der Waals surface area (Å²) in [7, 11) is 1.52. The largest absolute Gasteiger partial charge is 0.481 e. The third kappa shape index (κ3) is 3.19. The third-order valence-electron chi connectivity index (χ3n) is 4.28. The van der Waals surface area contributed by atoms with E-state index in [9.17, 15) is 10.2 Å². The van der Waals surface area contributed by atoms with Gasteiger partial charge in [0.15, 0.2) is 0 Å². The van der Waals surface area contributed by atoms with Crippen LogP contribution >= 0.6 is 0 Å². The fourth-order valence-corrected chi connectivity index (χ4v) is 2.98. The van der Waals surface area contributed by atoms with Crippen molar-refractivity contribution in [2.45, 2.75) is 32.3 Å². The number of nitrogens with zero attached hydrogens (tertiary/aromatic N) is 3. The Bertz CT molecular complexity index is 485. The Hall–Kier alpha value is -1.60. The Morgan fingerprint density at radius 1 is 1.52 bits per heavy atom. The van der Waals surface area contributed by atoms with E-state index in [4.69, 9.17) is 10.5 Å². The van der Waals surface area contributed by atoms with Gasteiger partial charge in [0, 0.05) is 24.6 Å². The van der Waals surface area contributed by atoms with Gasteiger partial charge in [0.05, 0.1) is 19.8 Å². The van der Waals surface area contributed by atoms with Gasteiger partial charge in [0.2, 0.25) is 11.8 Å². The summed E-state index contributed by atoms with van der Waals surface area (Å²) >= 11 is 0. The Kier molecular flexibility index (Phi) is 4.84. The molecule has 2 rings (SSSR count). The molecule has 0 unspecified atom stereocenters. The number of piperidine rings is 1. The van der Waals surface area contributed by atoms with E-state index in [1.165, 1.54) is 7.11 Å². The average Bonchev–Trinajstić information content (AvgIpc) is 2.48. The highest BCUT2D eigenvalue weighted by Gasteiger charge is 2.41. The van der Waals surface area contributed by atoms with E-state index in [0.29, 0.717) is 31.2 Å². The van der Waals surface area contributed by atoms with Gasteiger partial charge in [-0.1, -0.05) is 13.3 Å². The summed E-state index contributed by atoms with van der Waals surface area (Å²) in [4.78, 5) is 10.1. The minimum Gasteiger partial charge on any atom is -0.481 e. The molecule has 0 aromatic carbocycles. The maximum Gasteiger partial charge on any atom is 0.225 e. The molecule has 0 aliphatic carbocycles. The zero-order valence-electron chi connectivity index (χ0n) is 12.6. The van der Waals surface area contributed by atoms with Crippen LogP contribution in [0, 0.1) is 5.41 Å². The lowest BCUT2D eigenvalue weighted by molar-refractivity contribution is -0.0372. The number of methoxy groups -OCH3 is 1. The van der Waals surface area contributed by atoms with E-state index >= 15 is 0 Å². The second kappa shape index (κ2) is 6.44. The van der Waals surface area contributed by atoms with Gasteiger partial charge in [0.1, 0.15) is 5.82 Å². The predicted octanol–water partition coefficient (Wildman–Crippen LogP) is 0.417. The molecule has 0 saturated carbocycles. The SMILES string of the molecule is CCC[C@]1(CO)CCN(c2cc(OC)nc(N)n2)C[C@H]1O. The van der Waals surface area contributed by atoms with E-state index in [1.807, 2.05) is 4.90 Å². The molecule has 4 N–H and O–H groups in total. The van der Waals surface area contributed by atoms with Gasteiger partial charge in [-0.05, 0) is 12.8 Å². The molecule has 0 radical (unpaired) electrons. The van der Waals surface area contributed by atoms with Crippen LogP contribution in [-0.2, 0) is 0 Å². The van der Waals surface area contributed by atoms with Crippen LogP contribution in [-0.4, -0.2) is 53.1 Å². The normalized spacial score (nSPS) is 25.9. The van der Waals surface area contributed by atoms with Gasteiger partial charge in [-0.3, -0.25) is 0 Å². The Morgan fingerprint density at radius 2 is 2.29 bits per heavy atom. The number of rotatable bonds is 5. The molecule has 2 heterocycles. The zero-order chi connectivity index (χ0) is 15.5. The molecule has 1 aliphatic heterocycles. The Balaban J connectivity index is 2.17. The van der Waals surface area contributed by atoms with E-state index < -0.39 is 11.5 Å². The highest BCUT2D eigenvalue weighted by atomic mass is 16.5. The van der Waals surface area contributed by atoms with Gasteiger partial charge in [-0.2, -0.15) is 9.97 Å². The monoisotopic (exact) mass is 296 g/mol. The molecule has 1 fully saturated rings. The molecule has 1 aromatic heterocycles. The summed E-state index contributed by atoms with van der Waals surface area (Å²) in [6.07, 6.45) is 1.86. The van der Waals surface area contributed by atoms with Gasteiger partial charge in [-0.15, -0.1) is 0 Å². The molecule has 21 heavy (non-hydrogen) atoms. The lowest BCUT2D eigenvalue weighted by atomic mass is 9.73. The first-order valence-corrected chi connectivity index (χ1v) is 7.27. The number of β-amino-alcohol motifs (C(OH)–C–C–N with tert-alkyl or cyclic N) is 1. The summed E-state index contributed by atoms with van der Waals surface area (Å²) < 4.78 is 5.09. The third-order valence-corrected chi connectivity index (χ3v) is 4.28. The minimum absolute atomic E-state index is 0.00504.